The van der Waals surface area contributed by atoms with E-state index in [-0.39, 0.29) is 18.1 Å². The summed E-state index contributed by atoms with van der Waals surface area (Å²) in [5, 5.41) is 11.8. The number of nitrogens with one attached hydrogen (secondary N) is 1. The number of carbonyl (C=O) groups is 1. The topological polar surface area (TPSA) is 114 Å². The van der Waals surface area contributed by atoms with E-state index in [0.29, 0.717) is 18.1 Å². The second-order valence-corrected chi connectivity index (χ2v) is 3.70. The Bertz CT molecular complexity index is 381. The van der Waals surface area contributed by atoms with Gasteiger partial charge in [-0.2, -0.15) is 0 Å². The fraction of sp³-hybridized carbons (Fsp3) is 0.400. The first kappa shape index (κ1) is 12.3. The van der Waals surface area contributed by atoms with Crippen molar-refractivity contribution in [2.24, 2.45) is 11.7 Å². The number of rotatable bonds is 5. The predicted octanol–water partition coefficient (Wildman–Crippen LogP) is -0.197. The van der Waals surface area contributed by atoms with Gasteiger partial charge in [-0.15, -0.1) is 0 Å². The van der Waals surface area contributed by atoms with Crippen molar-refractivity contribution < 1.29 is 9.90 Å². The summed E-state index contributed by atoms with van der Waals surface area (Å²) in [6, 6.07) is 1.47. The van der Waals surface area contributed by atoms with E-state index in [4.69, 9.17) is 16.6 Å². The SMILES string of the molecule is CC(CO)CNc1ncc(N)cc1C(N)=O. The normalized spacial score (nSPS) is 12.1. The van der Waals surface area contributed by atoms with Crippen LogP contribution in [0.3, 0.4) is 0 Å². The van der Waals surface area contributed by atoms with Crippen molar-refractivity contribution in [1.29, 1.82) is 0 Å². The number of nitrogen functional groups attached to an aromatic ring is 1. The Morgan fingerprint density at radius 1 is 1.69 bits per heavy atom. The fourth-order valence-corrected chi connectivity index (χ4v) is 1.15. The molecule has 6 heteroatoms. The van der Waals surface area contributed by atoms with E-state index in [1.165, 1.54) is 12.3 Å². The molecule has 0 fully saturated rings. The lowest BCUT2D eigenvalue weighted by Gasteiger charge is -2.12. The molecule has 0 aromatic carbocycles. The van der Waals surface area contributed by atoms with Crippen molar-refractivity contribution in [1.82, 2.24) is 4.98 Å². The average molecular weight is 224 g/mol. The van der Waals surface area contributed by atoms with Gasteiger partial charge in [-0.3, -0.25) is 4.79 Å². The molecule has 0 saturated carbocycles. The van der Waals surface area contributed by atoms with E-state index in [0.717, 1.165) is 0 Å². The molecule has 16 heavy (non-hydrogen) atoms. The van der Waals surface area contributed by atoms with Crippen molar-refractivity contribution in [2.45, 2.75) is 6.92 Å². The zero-order valence-corrected chi connectivity index (χ0v) is 9.10. The smallest absolute Gasteiger partial charge is 0.252 e. The van der Waals surface area contributed by atoms with Crippen LogP contribution in [-0.2, 0) is 0 Å². The van der Waals surface area contributed by atoms with E-state index < -0.39 is 5.91 Å². The first-order valence-electron chi connectivity index (χ1n) is 4.94. The highest BCUT2D eigenvalue weighted by atomic mass is 16.3. The molecule has 1 aromatic heterocycles. The highest BCUT2D eigenvalue weighted by molar-refractivity contribution is 5.98. The second kappa shape index (κ2) is 5.32. The lowest BCUT2D eigenvalue weighted by Crippen LogP contribution is -2.20. The molecule has 0 aliphatic rings. The highest BCUT2D eigenvalue weighted by Gasteiger charge is 2.10. The van der Waals surface area contributed by atoms with Gasteiger partial charge in [-0.1, -0.05) is 6.92 Å². The van der Waals surface area contributed by atoms with E-state index >= 15 is 0 Å². The summed E-state index contributed by atoms with van der Waals surface area (Å²) in [4.78, 5) is 15.1. The van der Waals surface area contributed by atoms with Crippen molar-refractivity contribution >= 4 is 17.4 Å². The minimum absolute atomic E-state index is 0.0634. The molecule has 1 aromatic rings. The Morgan fingerprint density at radius 3 is 2.94 bits per heavy atom. The van der Waals surface area contributed by atoms with Gasteiger partial charge in [-0.05, 0) is 12.0 Å². The van der Waals surface area contributed by atoms with Crippen LogP contribution in [0.25, 0.3) is 0 Å². The Labute approximate surface area is 93.7 Å². The van der Waals surface area contributed by atoms with Crippen LogP contribution < -0.4 is 16.8 Å². The number of aliphatic hydroxyl groups excluding tert-OH is 1. The number of aromatic nitrogens is 1. The maximum absolute atomic E-state index is 11.1. The first-order chi connectivity index (χ1) is 7.54. The second-order valence-electron chi connectivity index (χ2n) is 3.70. The number of nitrogens with two attached hydrogens (primary N) is 2. The monoisotopic (exact) mass is 224 g/mol. The maximum atomic E-state index is 11.1. The Morgan fingerprint density at radius 2 is 2.38 bits per heavy atom. The summed E-state index contributed by atoms with van der Waals surface area (Å²) in [7, 11) is 0. The number of anilines is 2. The van der Waals surface area contributed by atoms with Crippen molar-refractivity contribution in [3.63, 3.8) is 0 Å². The molecule has 0 spiro atoms. The lowest BCUT2D eigenvalue weighted by atomic mass is 10.2. The Kier molecular flexibility index (Phi) is 4.07. The number of aliphatic hydroxyl groups is 1. The minimum Gasteiger partial charge on any atom is -0.397 e. The van der Waals surface area contributed by atoms with Gasteiger partial charge < -0.3 is 21.9 Å². The maximum Gasteiger partial charge on any atom is 0.252 e. The molecular formula is C10H16N4O2. The quantitative estimate of drug-likeness (QED) is 0.553. The summed E-state index contributed by atoms with van der Waals surface area (Å²) in [5.74, 6) is -0.124. The van der Waals surface area contributed by atoms with Crippen LogP contribution in [0.1, 0.15) is 17.3 Å². The Balaban J connectivity index is 2.82. The molecule has 1 unspecified atom stereocenters. The standard InChI is InChI=1S/C10H16N4O2/c1-6(5-15)3-13-10-8(9(12)16)2-7(11)4-14-10/h2,4,6,15H,3,5,11H2,1H3,(H2,12,16)(H,13,14). The first-order valence-corrected chi connectivity index (χ1v) is 4.94. The number of nitrogens with zero attached hydrogens (tertiary/aromatic N) is 1. The molecule has 0 saturated heterocycles. The van der Waals surface area contributed by atoms with Gasteiger partial charge in [0.15, 0.2) is 0 Å². The van der Waals surface area contributed by atoms with E-state index in [1.807, 2.05) is 6.92 Å². The third-order valence-electron chi connectivity index (χ3n) is 2.10. The van der Waals surface area contributed by atoms with Crippen LogP contribution >= 0.6 is 0 Å². The van der Waals surface area contributed by atoms with Crippen molar-refractivity contribution in [3.05, 3.63) is 17.8 Å². The number of hydrogen-bond acceptors (Lipinski definition) is 5. The molecule has 0 radical (unpaired) electrons. The van der Waals surface area contributed by atoms with Gasteiger partial charge >= 0.3 is 0 Å². The summed E-state index contributed by atoms with van der Waals surface area (Å²) in [5.41, 5.74) is 11.3. The molecule has 1 rings (SSSR count). The molecule has 1 amide bonds. The van der Waals surface area contributed by atoms with Crippen molar-refractivity contribution in [2.75, 3.05) is 24.2 Å². The van der Waals surface area contributed by atoms with Gasteiger partial charge in [0.1, 0.15) is 5.82 Å². The summed E-state index contributed by atoms with van der Waals surface area (Å²) < 4.78 is 0. The molecule has 6 N–H and O–H groups in total. The third-order valence-corrected chi connectivity index (χ3v) is 2.10. The Hall–Kier alpha value is -1.82. The molecule has 6 nitrogen and oxygen atoms in total. The number of hydrogen-bond donors (Lipinski definition) is 4. The van der Waals surface area contributed by atoms with Gasteiger partial charge in [0, 0.05) is 13.2 Å². The van der Waals surface area contributed by atoms with Crippen LogP contribution in [0.5, 0.6) is 0 Å². The third kappa shape index (κ3) is 3.09. The molecule has 1 heterocycles. The fourth-order valence-electron chi connectivity index (χ4n) is 1.15. The molecule has 88 valence electrons. The van der Waals surface area contributed by atoms with Gasteiger partial charge in [0.2, 0.25) is 0 Å². The van der Waals surface area contributed by atoms with E-state index in [1.54, 1.807) is 0 Å². The number of amides is 1. The number of pyridine rings is 1. The van der Waals surface area contributed by atoms with Gasteiger partial charge in [0.25, 0.3) is 5.91 Å². The van der Waals surface area contributed by atoms with Gasteiger partial charge in [0.05, 0.1) is 17.4 Å². The zero-order valence-electron chi connectivity index (χ0n) is 9.10. The number of primary amides is 1. The van der Waals surface area contributed by atoms with Crippen LogP contribution in [0, 0.1) is 5.92 Å². The molecular weight excluding hydrogens is 208 g/mol. The minimum atomic E-state index is -0.584. The van der Waals surface area contributed by atoms with E-state index in [2.05, 4.69) is 10.3 Å². The van der Waals surface area contributed by atoms with E-state index in [9.17, 15) is 4.79 Å². The summed E-state index contributed by atoms with van der Waals surface area (Å²) in [6.07, 6.45) is 1.44. The predicted molar refractivity (Wildman–Crippen MR) is 61.9 cm³/mol. The van der Waals surface area contributed by atoms with Crippen LogP contribution in [0.2, 0.25) is 0 Å². The van der Waals surface area contributed by atoms with Crippen LogP contribution in [0.15, 0.2) is 12.3 Å². The number of carbonyl (C=O) groups excluding carboxylic acids is 1. The lowest BCUT2D eigenvalue weighted by molar-refractivity contribution is 0.100. The molecule has 1 atom stereocenters. The average Bonchev–Trinajstić information content (AvgIpc) is 2.26. The van der Waals surface area contributed by atoms with Crippen LogP contribution in [-0.4, -0.2) is 29.1 Å². The molecule has 0 aliphatic carbocycles. The van der Waals surface area contributed by atoms with Crippen molar-refractivity contribution in [3.8, 4) is 0 Å². The van der Waals surface area contributed by atoms with Crippen LogP contribution in [0.4, 0.5) is 11.5 Å². The molecule has 0 aliphatic heterocycles. The molecule has 0 bridgehead atoms. The zero-order chi connectivity index (χ0) is 12.1. The van der Waals surface area contributed by atoms with Gasteiger partial charge in [-0.25, -0.2) is 4.98 Å². The largest absolute Gasteiger partial charge is 0.397 e. The summed E-state index contributed by atoms with van der Waals surface area (Å²) >= 11 is 0. The highest BCUT2D eigenvalue weighted by Crippen LogP contribution is 2.15. The summed E-state index contributed by atoms with van der Waals surface area (Å²) in [6.45, 7) is 2.44.